The van der Waals surface area contributed by atoms with Crippen molar-refractivity contribution in [1.82, 2.24) is 24.2 Å². The summed E-state index contributed by atoms with van der Waals surface area (Å²) in [5.41, 5.74) is 4.91. The van der Waals surface area contributed by atoms with Gasteiger partial charge in [-0.15, -0.1) is 6.58 Å². The van der Waals surface area contributed by atoms with E-state index >= 15 is 0 Å². The summed E-state index contributed by atoms with van der Waals surface area (Å²) in [5.74, 6) is 1.04. The summed E-state index contributed by atoms with van der Waals surface area (Å²) in [7, 11) is 0. The van der Waals surface area contributed by atoms with E-state index in [1.165, 1.54) is 5.56 Å². The smallest absolute Gasteiger partial charge is 0.265 e. The Morgan fingerprint density at radius 2 is 1.70 bits per heavy atom. The number of rotatable bonds is 5. The first kappa shape index (κ1) is 20.8. The van der Waals surface area contributed by atoms with Gasteiger partial charge in [-0.25, -0.2) is 15.0 Å². The highest BCUT2D eigenvalue weighted by molar-refractivity contribution is 6.05. The Bertz CT molecular complexity index is 1610. The highest BCUT2D eigenvalue weighted by Crippen LogP contribution is 2.25. The zero-order valence-corrected chi connectivity index (χ0v) is 18.9. The molecule has 0 aliphatic rings. The van der Waals surface area contributed by atoms with Crippen LogP contribution in [0.3, 0.4) is 0 Å². The lowest BCUT2D eigenvalue weighted by molar-refractivity contribution is 0.724. The number of fused-ring (bicyclic) bond motifs is 4. The lowest BCUT2D eigenvalue weighted by Crippen LogP contribution is -2.23. The molecule has 33 heavy (non-hydrogen) atoms. The van der Waals surface area contributed by atoms with Gasteiger partial charge in [-0.1, -0.05) is 56.3 Å². The number of benzene rings is 2. The van der Waals surface area contributed by atoms with E-state index in [-0.39, 0.29) is 5.56 Å². The van der Waals surface area contributed by atoms with Crippen molar-refractivity contribution in [2.45, 2.75) is 33.2 Å². The van der Waals surface area contributed by atoms with Gasteiger partial charge in [-0.3, -0.25) is 9.36 Å². The molecule has 0 amide bonds. The van der Waals surface area contributed by atoms with Crippen molar-refractivity contribution >= 4 is 39.4 Å². The Labute approximate surface area is 190 Å². The SMILES string of the molecule is C=CCn1c(C)nc2c(c1=O)c1nc3ccccc3nc1n2/N=C/c1ccc(C(C)C)cc1. The van der Waals surface area contributed by atoms with Crippen LogP contribution in [0.15, 0.2) is 71.1 Å². The van der Waals surface area contributed by atoms with E-state index in [4.69, 9.17) is 20.1 Å². The lowest BCUT2D eigenvalue weighted by Gasteiger charge is -2.07. The van der Waals surface area contributed by atoms with Crippen LogP contribution in [0.5, 0.6) is 0 Å². The van der Waals surface area contributed by atoms with Crippen molar-refractivity contribution in [2.75, 3.05) is 0 Å². The Morgan fingerprint density at radius 3 is 2.36 bits per heavy atom. The van der Waals surface area contributed by atoms with Gasteiger partial charge in [0.2, 0.25) is 0 Å². The van der Waals surface area contributed by atoms with Crippen LogP contribution in [0, 0.1) is 6.92 Å². The Hall–Kier alpha value is -4.13. The molecule has 0 N–H and O–H groups in total. The molecule has 0 bridgehead atoms. The number of aromatic nitrogens is 5. The van der Waals surface area contributed by atoms with E-state index in [0.717, 1.165) is 11.1 Å². The van der Waals surface area contributed by atoms with Crippen LogP contribution >= 0.6 is 0 Å². The Morgan fingerprint density at radius 1 is 1.00 bits per heavy atom. The maximum Gasteiger partial charge on any atom is 0.265 e. The fourth-order valence-corrected chi connectivity index (χ4v) is 3.96. The van der Waals surface area contributed by atoms with Crippen molar-refractivity contribution < 1.29 is 0 Å². The van der Waals surface area contributed by atoms with Crippen molar-refractivity contribution in [1.29, 1.82) is 0 Å². The van der Waals surface area contributed by atoms with Gasteiger partial charge in [-0.05, 0) is 36.1 Å². The van der Waals surface area contributed by atoms with Crippen molar-refractivity contribution in [3.05, 3.63) is 88.5 Å². The summed E-state index contributed by atoms with van der Waals surface area (Å²) in [6.07, 6.45) is 3.44. The minimum absolute atomic E-state index is 0.179. The number of nitrogens with zero attached hydrogens (tertiary/aromatic N) is 6. The topological polar surface area (TPSA) is 78.0 Å². The van der Waals surface area contributed by atoms with Gasteiger partial charge in [0.1, 0.15) is 16.7 Å². The molecular weight excluding hydrogens is 412 g/mol. The fourth-order valence-electron chi connectivity index (χ4n) is 3.96. The summed E-state index contributed by atoms with van der Waals surface area (Å²) in [6, 6.07) is 15.9. The highest BCUT2D eigenvalue weighted by Gasteiger charge is 2.20. The second kappa shape index (κ2) is 8.09. The molecule has 5 aromatic rings. The van der Waals surface area contributed by atoms with Crippen LogP contribution < -0.4 is 5.56 Å². The number of allylic oxidation sites excluding steroid dienone is 1. The lowest BCUT2D eigenvalue weighted by atomic mass is 10.0. The monoisotopic (exact) mass is 436 g/mol. The third kappa shape index (κ3) is 3.51. The zero-order chi connectivity index (χ0) is 23.1. The predicted molar refractivity (Wildman–Crippen MR) is 133 cm³/mol. The molecule has 0 radical (unpaired) electrons. The van der Waals surface area contributed by atoms with E-state index < -0.39 is 0 Å². The van der Waals surface area contributed by atoms with Crippen molar-refractivity contribution in [3.8, 4) is 0 Å². The van der Waals surface area contributed by atoms with Gasteiger partial charge in [0.25, 0.3) is 5.56 Å². The zero-order valence-electron chi connectivity index (χ0n) is 18.9. The van der Waals surface area contributed by atoms with Gasteiger partial charge >= 0.3 is 0 Å². The second-order valence-corrected chi connectivity index (χ2v) is 8.32. The fraction of sp³-hybridized carbons (Fsp3) is 0.192. The Balaban J connectivity index is 1.79. The van der Waals surface area contributed by atoms with Crippen molar-refractivity contribution in [3.63, 3.8) is 0 Å². The summed E-state index contributed by atoms with van der Waals surface area (Å²) < 4.78 is 3.21. The minimum atomic E-state index is -0.179. The third-order valence-electron chi connectivity index (χ3n) is 5.77. The molecule has 5 rings (SSSR count). The third-order valence-corrected chi connectivity index (χ3v) is 5.77. The minimum Gasteiger partial charge on any atom is -0.292 e. The molecule has 0 spiro atoms. The first-order valence-corrected chi connectivity index (χ1v) is 10.9. The summed E-state index contributed by atoms with van der Waals surface area (Å²) in [4.78, 5) is 27.7. The molecule has 0 fully saturated rings. The van der Waals surface area contributed by atoms with Gasteiger partial charge in [-0.2, -0.15) is 9.78 Å². The molecule has 0 unspecified atom stereocenters. The second-order valence-electron chi connectivity index (χ2n) is 8.32. The molecule has 0 aliphatic carbocycles. The molecule has 0 saturated carbocycles. The van der Waals surface area contributed by atoms with Gasteiger partial charge in [0, 0.05) is 6.54 Å². The maximum atomic E-state index is 13.4. The molecule has 0 saturated heterocycles. The molecule has 2 aromatic carbocycles. The quantitative estimate of drug-likeness (QED) is 0.293. The molecule has 0 aliphatic heterocycles. The van der Waals surface area contributed by atoms with E-state index in [9.17, 15) is 4.79 Å². The summed E-state index contributed by atoms with van der Waals surface area (Å²) in [5, 5.41) is 5.10. The Kier molecular flexibility index (Phi) is 5.09. The van der Waals surface area contributed by atoms with Gasteiger partial charge in [0.05, 0.1) is 17.2 Å². The maximum absolute atomic E-state index is 13.4. The average molecular weight is 437 g/mol. The molecule has 7 heteroatoms. The molecular formula is C26H24N6O. The molecule has 7 nitrogen and oxygen atoms in total. The van der Waals surface area contributed by atoms with Crippen LogP contribution in [0.25, 0.3) is 33.2 Å². The first-order valence-electron chi connectivity index (χ1n) is 10.9. The number of para-hydroxylation sites is 2. The highest BCUT2D eigenvalue weighted by atomic mass is 16.1. The number of aryl methyl sites for hydroxylation is 1. The molecule has 3 aromatic heterocycles. The van der Waals surface area contributed by atoms with E-state index in [0.29, 0.717) is 46.0 Å². The summed E-state index contributed by atoms with van der Waals surface area (Å²) >= 11 is 0. The predicted octanol–water partition coefficient (Wildman–Crippen LogP) is 4.79. The van der Waals surface area contributed by atoms with E-state index in [2.05, 4.69) is 32.6 Å². The van der Waals surface area contributed by atoms with E-state index in [1.54, 1.807) is 28.5 Å². The van der Waals surface area contributed by atoms with Crippen LogP contribution in [-0.2, 0) is 6.54 Å². The molecule has 3 heterocycles. The number of hydrogen-bond acceptors (Lipinski definition) is 5. The molecule has 0 atom stereocenters. The number of hydrogen-bond donors (Lipinski definition) is 0. The van der Waals surface area contributed by atoms with Gasteiger partial charge < -0.3 is 0 Å². The normalized spacial score (nSPS) is 12.0. The summed E-state index contributed by atoms with van der Waals surface area (Å²) in [6.45, 7) is 10.3. The van der Waals surface area contributed by atoms with Crippen molar-refractivity contribution in [2.24, 2.45) is 5.10 Å². The molecule has 164 valence electrons. The van der Waals surface area contributed by atoms with Crippen LogP contribution in [0.2, 0.25) is 0 Å². The van der Waals surface area contributed by atoms with Gasteiger partial charge in [0.15, 0.2) is 11.3 Å². The first-order chi connectivity index (χ1) is 16.0. The van der Waals surface area contributed by atoms with Crippen LogP contribution in [0.4, 0.5) is 0 Å². The van der Waals surface area contributed by atoms with Crippen LogP contribution in [0.1, 0.15) is 36.7 Å². The van der Waals surface area contributed by atoms with Crippen LogP contribution in [-0.4, -0.2) is 30.4 Å². The average Bonchev–Trinajstić information content (AvgIpc) is 3.11. The largest absolute Gasteiger partial charge is 0.292 e. The van der Waals surface area contributed by atoms with E-state index in [1.807, 2.05) is 36.4 Å². The standard InChI is InChI=1S/C26H24N6O/c1-5-14-31-17(4)28-24-22(26(31)33)23-25(30-21-9-7-6-8-20(21)29-23)32(24)27-15-18-10-12-19(13-11-18)16(2)3/h5-13,15-16H,1,14H2,2-4H3/b27-15+.